The molecule has 0 saturated heterocycles. The standard InChI is InChI=1S/C18H31N7O9/c1-8(14(30)24-10(17(33)34)4-5-12(26)27)23-16(32)11(7-13(28)29)25-15(31)9(19)3-2-6-22-18(20)21/h8-11H,2-7,19H2,1H3,(H,23,32)(H,24,30)(H,25,31)(H,26,27)(H,28,29)(H,33,34)(H4,20,21,22). The Morgan fingerprint density at radius 2 is 1.41 bits per heavy atom. The molecule has 0 bridgehead atoms. The first-order valence-corrected chi connectivity index (χ1v) is 10.1. The van der Waals surface area contributed by atoms with Gasteiger partial charge >= 0.3 is 17.9 Å². The molecular formula is C18H31N7O9. The highest BCUT2D eigenvalue weighted by atomic mass is 16.4. The number of hydrogen-bond donors (Lipinski definition) is 9. The van der Waals surface area contributed by atoms with Gasteiger partial charge in [-0.1, -0.05) is 0 Å². The van der Waals surface area contributed by atoms with E-state index in [0.29, 0.717) is 6.42 Å². The van der Waals surface area contributed by atoms with Gasteiger partial charge in [0.05, 0.1) is 12.5 Å². The number of carboxylic acid groups (broad SMARTS) is 3. The lowest BCUT2D eigenvalue weighted by Gasteiger charge is -2.22. The summed E-state index contributed by atoms with van der Waals surface area (Å²) in [5.41, 5.74) is 16.1. The first-order chi connectivity index (χ1) is 15.7. The Morgan fingerprint density at radius 1 is 0.824 bits per heavy atom. The molecule has 16 heteroatoms. The van der Waals surface area contributed by atoms with Crippen LogP contribution < -0.4 is 33.2 Å². The first kappa shape index (κ1) is 30.1. The van der Waals surface area contributed by atoms with Crippen LogP contribution in [-0.4, -0.2) is 87.6 Å². The molecule has 0 saturated carbocycles. The van der Waals surface area contributed by atoms with Crippen LogP contribution in [0.5, 0.6) is 0 Å². The number of guanidine groups is 1. The third-order valence-corrected chi connectivity index (χ3v) is 4.33. The van der Waals surface area contributed by atoms with Crippen LogP contribution in [0.1, 0.15) is 39.0 Å². The van der Waals surface area contributed by atoms with Gasteiger partial charge in [-0.05, 0) is 26.2 Å². The summed E-state index contributed by atoms with van der Waals surface area (Å²) >= 11 is 0. The minimum atomic E-state index is -1.58. The highest BCUT2D eigenvalue weighted by Crippen LogP contribution is 2.02. The van der Waals surface area contributed by atoms with Gasteiger partial charge in [-0.2, -0.15) is 0 Å². The smallest absolute Gasteiger partial charge is 0.326 e. The SMILES string of the molecule is CC(NC(=O)C(CC(=O)O)NC(=O)C(N)CCCN=C(N)N)C(=O)NC(CCC(=O)O)C(=O)O. The van der Waals surface area contributed by atoms with E-state index in [0.717, 1.165) is 0 Å². The van der Waals surface area contributed by atoms with Crippen molar-refractivity contribution in [2.75, 3.05) is 6.54 Å². The molecule has 0 rings (SSSR count). The maximum Gasteiger partial charge on any atom is 0.326 e. The molecule has 0 aromatic heterocycles. The zero-order valence-corrected chi connectivity index (χ0v) is 18.5. The predicted octanol–water partition coefficient (Wildman–Crippen LogP) is -3.73. The molecule has 12 N–H and O–H groups in total. The molecular weight excluding hydrogens is 458 g/mol. The summed E-state index contributed by atoms with van der Waals surface area (Å²) in [7, 11) is 0. The van der Waals surface area contributed by atoms with Gasteiger partial charge in [0.15, 0.2) is 5.96 Å². The minimum absolute atomic E-state index is 0.133. The fourth-order valence-corrected chi connectivity index (χ4v) is 2.51. The van der Waals surface area contributed by atoms with Crippen molar-refractivity contribution < 1.29 is 44.1 Å². The Bertz CT molecular complexity index is 799. The van der Waals surface area contributed by atoms with Gasteiger partial charge in [0, 0.05) is 13.0 Å². The van der Waals surface area contributed by atoms with Crippen molar-refractivity contribution in [3.8, 4) is 0 Å². The predicted molar refractivity (Wildman–Crippen MR) is 116 cm³/mol. The Labute approximate surface area is 194 Å². The van der Waals surface area contributed by atoms with Gasteiger partial charge in [-0.25, -0.2) is 4.79 Å². The first-order valence-electron chi connectivity index (χ1n) is 10.1. The number of aliphatic carboxylic acids is 3. The normalized spacial score (nSPS) is 13.9. The molecule has 0 aromatic carbocycles. The van der Waals surface area contributed by atoms with Crippen LogP contribution in [0, 0.1) is 0 Å². The quantitative estimate of drug-likeness (QED) is 0.0574. The van der Waals surface area contributed by atoms with Crippen LogP contribution in [0.25, 0.3) is 0 Å². The number of carboxylic acids is 3. The molecule has 4 atom stereocenters. The summed E-state index contributed by atoms with van der Waals surface area (Å²) in [5, 5.41) is 33.3. The summed E-state index contributed by atoms with van der Waals surface area (Å²) in [4.78, 5) is 73.6. The van der Waals surface area contributed by atoms with E-state index in [9.17, 15) is 28.8 Å². The van der Waals surface area contributed by atoms with Crippen LogP contribution >= 0.6 is 0 Å². The lowest BCUT2D eigenvalue weighted by Crippen LogP contribution is -2.56. The Kier molecular flexibility index (Phi) is 13.2. The molecule has 0 heterocycles. The highest BCUT2D eigenvalue weighted by molar-refractivity contribution is 5.95. The number of hydrogen-bond acceptors (Lipinski definition) is 8. The monoisotopic (exact) mass is 489 g/mol. The van der Waals surface area contributed by atoms with E-state index in [1.807, 2.05) is 0 Å². The van der Waals surface area contributed by atoms with E-state index < -0.39 is 79.1 Å². The molecule has 192 valence electrons. The average molecular weight is 489 g/mol. The van der Waals surface area contributed by atoms with E-state index in [-0.39, 0.29) is 18.9 Å². The zero-order valence-electron chi connectivity index (χ0n) is 18.5. The van der Waals surface area contributed by atoms with Gasteiger partial charge in [0.2, 0.25) is 17.7 Å². The summed E-state index contributed by atoms with van der Waals surface area (Å²) < 4.78 is 0. The fraction of sp³-hybridized carbons (Fsp3) is 0.611. The van der Waals surface area contributed by atoms with Crippen LogP contribution in [0.15, 0.2) is 4.99 Å². The van der Waals surface area contributed by atoms with Crippen molar-refractivity contribution in [2.45, 2.75) is 63.2 Å². The number of carbonyl (C=O) groups excluding carboxylic acids is 3. The molecule has 0 aliphatic heterocycles. The summed E-state index contributed by atoms with van der Waals surface area (Å²) in [6.07, 6.45) is -1.25. The van der Waals surface area contributed by atoms with E-state index in [1.54, 1.807) is 0 Å². The number of amides is 3. The van der Waals surface area contributed by atoms with Crippen molar-refractivity contribution in [1.29, 1.82) is 0 Å². The number of carbonyl (C=O) groups is 6. The second kappa shape index (κ2) is 15.0. The summed E-state index contributed by atoms with van der Waals surface area (Å²) in [6, 6.07) is -5.52. The molecule has 34 heavy (non-hydrogen) atoms. The van der Waals surface area contributed by atoms with Gasteiger partial charge < -0.3 is 48.5 Å². The fourth-order valence-electron chi connectivity index (χ4n) is 2.51. The van der Waals surface area contributed by atoms with Crippen LogP contribution in [0.3, 0.4) is 0 Å². The van der Waals surface area contributed by atoms with E-state index in [2.05, 4.69) is 20.9 Å². The second-order valence-electron chi connectivity index (χ2n) is 7.28. The van der Waals surface area contributed by atoms with Crippen LogP contribution in [0.2, 0.25) is 0 Å². The number of nitrogens with one attached hydrogen (secondary N) is 3. The molecule has 0 aliphatic carbocycles. The zero-order chi connectivity index (χ0) is 26.4. The van der Waals surface area contributed by atoms with Crippen molar-refractivity contribution >= 4 is 41.6 Å². The minimum Gasteiger partial charge on any atom is -0.481 e. The van der Waals surface area contributed by atoms with Gasteiger partial charge in [-0.3, -0.25) is 29.0 Å². The lowest BCUT2D eigenvalue weighted by molar-refractivity contribution is -0.144. The topological polar surface area (TPSA) is 290 Å². The maximum absolute atomic E-state index is 12.5. The molecule has 16 nitrogen and oxygen atoms in total. The number of nitrogens with two attached hydrogens (primary N) is 3. The van der Waals surface area contributed by atoms with Crippen molar-refractivity contribution in [1.82, 2.24) is 16.0 Å². The third-order valence-electron chi connectivity index (χ3n) is 4.33. The van der Waals surface area contributed by atoms with Crippen LogP contribution in [-0.2, 0) is 28.8 Å². The van der Waals surface area contributed by atoms with Crippen LogP contribution in [0.4, 0.5) is 0 Å². The lowest BCUT2D eigenvalue weighted by atomic mass is 10.1. The van der Waals surface area contributed by atoms with Crippen molar-refractivity contribution in [3.63, 3.8) is 0 Å². The summed E-state index contributed by atoms with van der Waals surface area (Å²) in [6.45, 7) is 1.40. The third kappa shape index (κ3) is 12.8. The Balaban J connectivity index is 5.02. The number of rotatable bonds is 16. The molecule has 0 spiro atoms. The molecule has 3 amide bonds. The average Bonchev–Trinajstić information content (AvgIpc) is 2.72. The van der Waals surface area contributed by atoms with Crippen molar-refractivity contribution in [3.05, 3.63) is 0 Å². The largest absolute Gasteiger partial charge is 0.481 e. The summed E-state index contributed by atoms with van der Waals surface area (Å²) in [5.74, 6) is -7.08. The molecule has 0 radical (unpaired) electrons. The van der Waals surface area contributed by atoms with Gasteiger partial charge in [-0.15, -0.1) is 0 Å². The second-order valence-corrected chi connectivity index (χ2v) is 7.28. The van der Waals surface area contributed by atoms with Gasteiger partial charge in [0.25, 0.3) is 0 Å². The molecule has 4 unspecified atom stereocenters. The number of aliphatic imine (C=N–C) groups is 1. The van der Waals surface area contributed by atoms with E-state index >= 15 is 0 Å². The number of nitrogens with zero attached hydrogens (tertiary/aromatic N) is 1. The van der Waals surface area contributed by atoms with Crippen molar-refractivity contribution in [2.24, 2.45) is 22.2 Å². The maximum atomic E-state index is 12.5. The molecule has 0 aromatic rings. The highest BCUT2D eigenvalue weighted by Gasteiger charge is 2.29. The van der Waals surface area contributed by atoms with E-state index in [4.69, 9.17) is 32.5 Å². The van der Waals surface area contributed by atoms with Gasteiger partial charge in [0.1, 0.15) is 18.1 Å². The molecule has 0 fully saturated rings. The Hall–Kier alpha value is -3.95. The Morgan fingerprint density at radius 3 is 1.91 bits per heavy atom. The molecule has 0 aliphatic rings. The van der Waals surface area contributed by atoms with E-state index in [1.165, 1.54) is 6.92 Å².